The fourth-order valence-corrected chi connectivity index (χ4v) is 3.78. The van der Waals surface area contributed by atoms with Gasteiger partial charge < -0.3 is 14.5 Å². The van der Waals surface area contributed by atoms with Gasteiger partial charge in [0.05, 0.1) is 24.3 Å². The van der Waals surface area contributed by atoms with Gasteiger partial charge in [0.25, 0.3) is 11.8 Å². The Balaban J connectivity index is 0.000000158. The molecule has 6 nitrogen and oxygen atoms in total. The Bertz CT molecular complexity index is 703. The Morgan fingerprint density at radius 3 is 1.66 bits per heavy atom. The maximum Gasteiger partial charge on any atom is 0.261 e. The second-order valence-electron chi connectivity index (χ2n) is 9.03. The van der Waals surface area contributed by atoms with E-state index >= 15 is 0 Å². The van der Waals surface area contributed by atoms with Gasteiger partial charge in [0.2, 0.25) is 0 Å². The van der Waals surface area contributed by atoms with E-state index < -0.39 is 0 Å². The minimum atomic E-state index is -0.212. The highest BCUT2D eigenvalue weighted by Gasteiger charge is 2.31. The highest BCUT2D eigenvalue weighted by molar-refractivity contribution is 6.21. The highest BCUT2D eigenvalue weighted by atomic mass is 16.5. The number of allylic oxidation sites excluding steroid dienone is 2. The molecule has 2 saturated heterocycles. The van der Waals surface area contributed by atoms with Crippen LogP contribution in [0.25, 0.3) is 0 Å². The number of likely N-dealkylation sites (tertiary alicyclic amines) is 1. The molecule has 3 aliphatic heterocycles. The number of rotatable bonds is 0. The molecular formula is C26H41N3O3. The van der Waals surface area contributed by atoms with E-state index in [-0.39, 0.29) is 11.8 Å². The van der Waals surface area contributed by atoms with Gasteiger partial charge in [-0.1, -0.05) is 31.2 Å². The van der Waals surface area contributed by atoms with Crippen LogP contribution in [0.3, 0.4) is 0 Å². The Morgan fingerprint density at radius 1 is 0.812 bits per heavy atom. The van der Waals surface area contributed by atoms with E-state index in [1.165, 1.54) is 52.2 Å². The van der Waals surface area contributed by atoms with Crippen molar-refractivity contribution in [1.29, 1.82) is 0 Å². The van der Waals surface area contributed by atoms with Crippen LogP contribution in [0.2, 0.25) is 0 Å². The molecule has 0 aromatic heterocycles. The smallest absolute Gasteiger partial charge is 0.261 e. The van der Waals surface area contributed by atoms with Crippen LogP contribution in [0, 0.1) is 5.92 Å². The highest BCUT2D eigenvalue weighted by Crippen LogP contribution is 2.20. The Hall–Kier alpha value is -2.02. The molecule has 0 bridgehead atoms. The third-order valence-electron chi connectivity index (χ3n) is 6.09. The van der Waals surface area contributed by atoms with Crippen LogP contribution in [-0.2, 0) is 4.74 Å². The van der Waals surface area contributed by atoms with Crippen molar-refractivity contribution in [3.05, 3.63) is 47.5 Å². The SMILES string of the molecule is CC1CC=CCC1.CN1C(=O)c2ccccc2C1=O.CN1CCCC1.CN1CCOCC1. The number of likely N-dealkylation sites (N-methyl/N-ethyl adjacent to an activating group) is 1. The van der Waals surface area contributed by atoms with Crippen LogP contribution >= 0.6 is 0 Å². The van der Waals surface area contributed by atoms with E-state index in [2.05, 4.69) is 43.0 Å². The van der Waals surface area contributed by atoms with E-state index in [1.807, 2.05) is 0 Å². The van der Waals surface area contributed by atoms with E-state index in [0.29, 0.717) is 11.1 Å². The lowest BCUT2D eigenvalue weighted by Crippen LogP contribution is -2.32. The van der Waals surface area contributed by atoms with Gasteiger partial charge in [0, 0.05) is 20.1 Å². The van der Waals surface area contributed by atoms with Gasteiger partial charge in [0.15, 0.2) is 0 Å². The molecule has 6 heteroatoms. The summed E-state index contributed by atoms with van der Waals surface area (Å²) in [5.41, 5.74) is 1.01. The summed E-state index contributed by atoms with van der Waals surface area (Å²) < 4.78 is 5.10. The molecule has 1 aliphatic carbocycles. The second kappa shape index (κ2) is 14.2. The van der Waals surface area contributed by atoms with Gasteiger partial charge in [0.1, 0.15) is 0 Å². The summed E-state index contributed by atoms with van der Waals surface area (Å²) in [6, 6.07) is 6.84. The van der Waals surface area contributed by atoms with Crippen molar-refractivity contribution in [3.63, 3.8) is 0 Å². The Morgan fingerprint density at radius 2 is 1.34 bits per heavy atom. The lowest BCUT2D eigenvalue weighted by Gasteiger charge is -2.21. The minimum absolute atomic E-state index is 0.212. The van der Waals surface area contributed by atoms with Crippen molar-refractivity contribution in [2.24, 2.45) is 5.92 Å². The fourth-order valence-electron chi connectivity index (χ4n) is 3.78. The van der Waals surface area contributed by atoms with Crippen LogP contribution in [0.4, 0.5) is 0 Å². The average Bonchev–Trinajstić information content (AvgIpc) is 3.38. The second-order valence-corrected chi connectivity index (χ2v) is 9.03. The van der Waals surface area contributed by atoms with Crippen LogP contribution in [0.5, 0.6) is 0 Å². The van der Waals surface area contributed by atoms with Crippen LogP contribution in [0.1, 0.15) is 59.7 Å². The molecule has 1 unspecified atom stereocenters. The number of nitrogens with zero attached hydrogens (tertiary/aromatic N) is 3. The van der Waals surface area contributed by atoms with Gasteiger partial charge in [-0.05, 0) is 77.3 Å². The van der Waals surface area contributed by atoms with Gasteiger partial charge >= 0.3 is 0 Å². The minimum Gasteiger partial charge on any atom is -0.379 e. The first-order valence-electron chi connectivity index (χ1n) is 11.9. The van der Waals surface area contributed by atoms with Gasteiger partial charge in [-0.3, -0.25) is 14.5 Å². The van der Waals surface area contributed by atoms with E-state index in [0.717, 1.165) is 37.1 Å². The first kappa shape index (κ1) is 26.2. The Kier molecular flexibility index (Phi) is 11.6. The maximum atomic E-state index is 11.3. The van der Waals surface area contributed by atoms with Gasteiger partial charge in [-0.15, -0.1) is 0 Å². The zero-order valence-corrected chi connectivity index (χ0v) is 20.4. The lowest BCUT2D eigenvalue weighted by molar-refractivity contribution is 0.0503. The number of fused-ring (bicyclic) bond motifs is 1. The van der Waals surface area contributed by atoms with Crippen LogP contribution in [-0.4, -0.2) is 87.0 Å². The normalized spacial score (nSPS) is 22.8. The zero-order valence-electron chi connectivity index (χ0n) is 20.4. The average molecular weight is 444 g/mol. The van der Waals surface area contributed by atoms with Crippen molar-refractivity contribution >= 4 is 11.8 Å². The quantitative estimate of drug-likeness (QED) is 0.449. The summed E-state index contributed by atoms with van der Waals surface area (Å²) in [5, 5.41) is 0. The number of carbonyl (C=O) groups is 2. The number of morpholine rings is 1. The molecule has 3 heterocycles. The topological polar surface area (TPSA) is 53.1 Å². The standard InChI is InChI=1S/C9H7NO2.C7H12.C5H11NO.C5H11N/c1-10-8(11)6-4-2-3-5-7(6)9(10)12;1-7-5-3-2-4-6-7;1-6-2-4-7-5-3-6;1-6-4-2-3-5-6/h2-5H,1H3;2-3,7H,4-6H2,1H3;2-5H2,1H3;2-5H2,1H3. The lowest BCUT2D eigenvalue weighted by atomic mass is 9.97. The zero-order chi connectivity index (χ0) is 23.3. The molecule has 1 aromatic rings. The molecule has 0 radical (unpaired) electrons. The number of carbonyl (C=O) groups excluding carboxylic acids is 2. The molecule has 178 valence electrons. The molecule has 32 heavy (non-hydrogen) atoms. The number of hydrogen-bond acceptors (Lipinski definition) is 5. The fraction of sp³-hybridized carbons (Fsp3) is 0.615. The molecule has 2 amide bonds. The number of ether oxygens (including phenoxy) is 1. The largest absolute Gasteiger partial charge is 0.379 e. The molecule has 0 saturated carbocycles. The van der Waals surface area contributed by atoms with E-state index in [1.54, 1.807) is 24.3 Å². The maximum absolute atomic E-state index is 11.3. The van der Waals surface area contributed by atoms with Crippen molar-refractivity contribution in [3.8, 4) is 0 Å². The van der Waals surface area contributed by atoms with Crippen molar-refractivity contribution in [2.45, 2.75) is 39.0 Å². The molecule has 2 fully saturated rings. The summed E-state index contributed by atoms with van der Waals surface area (Å²) in [6.07, 6.45) is 11.4. The van der Waals surface area contributed by atoms with Crippen molar-refractivity contribution in [1.82, 2.24) is 14.7 Å². The summed E-state index contributed by atoms with van der Waals surface area (Å²) in [7, 11) is 5.78. The van der Waals surface area contributed by atoms with Crippen molar-refractivity contribution < 1.29 is 14.3 Å². The third-order valence-corrected chi connectivity index (χ3v) is 6.09. The molecule has 0 spiro atoms. The first-order chi connectivity index (χ1) is 15.4. The number of hydrogen-bond donors (Lipinski definition) is 0. The predicted octanol–water partition coefficient (Wildman–Crippen LogP) is 3.94. The predicted molar refractivity (Wildman–Crippen MR) is 130 cm³/mol. The third kappa shape index (κ3) is 8.85. The molecular weight excluding hydrogens is 402 g/mol. The molecule has 0 N–H and O–H groups in total. The molecule has 4 aliphatic rings. The first-order valence-corrected chi connectivity index (χ1v) is 11.9. The van der Waals surface area contributed by atoms with Crippen LogP contribution in [0.15, 0.2) is 36.4 Å². The number of imide groups is 1. The molecule has 1 aromatic carbocycles. The molecule has 5 rings (SSSR count). The number of amides is 2. The van der Waals surface area contributed by atoms with E-state index in [9.17, 15) is 9.59 Å². The van der Waals surface area contributed by atoms with Crippen LogP contribution < -0.4 is 0 Å². The van der Waals surface area contributed by atoms with Gasteiger partial charge in [-0.2, -0.15) is 0 Å². The van der Waals surface area contributed by atoms with E-state index in [4.69, 9.17) is 4.74 Å². The summed E-state index contributed by atoms with van der Waals surface area (Å²) in [4.78, 5) is 28.4. The summed E-state index contributed by atoms with van der Waals surface area (Å²) in [5.74, 6) is 0.524. The Labute approximate surface area is 194 Å². The summed E-state index contributed by atoms with van der Waals surface area (Å²) >= 11 is 0. The summed E-state index contributed by atoms with van der Waals surface area (Å²) in [6.45, 7) is 8.97. The number of benzene rings is 1. The monoisotopic (exact) mass is 443 g/mol. The molecule has 1 atom stereocenters. The van der Waals surface area contributed by atoms with Crippen molar-refractivity contribution in [2.75, 3.05) is 60.5 Å². The van der Waals surface area contributed by atoms with Gasteiger partial charge in [-0.25, -0.2) is 0 Å².